The first-order chi connectivity index (χ1) is 11.5. The van der Waals surface area contributed by atoms with Crippen molar-refractivity contribution in [2.24, 2.45) is 0 Å². The van der Waals surface area contributed by atoms with Crippen molar-refractivity contribution in [3.63, 3.8) is 0 Å². The fourth-order valence-corrected chi connectivity index (χ4v) is 2.58. The molecule has 0 saturated carbocycles. The Morgan fingerprint density at radius 2 is 1.92 bits per heavy atom. The number of nitrogens with zero attached hydrogens (tertiary/aromatic N) is 1. The van der Waals surface area contributed by atoms with E-state index < -0.39 is 0 Å². The highest BCUT2D eigenvalue weighted by molar-refractivity contribution is 5.83. The van der Waals surface area contributed by atoms with E-state index >= 15 is 0 Å². The van der Waals surface area contributed by atoms with Crippen LogP contribution in [-0.2, 0) is 11.3 Å². The van der Waals surface area contributed by atoms with Crippen LogP contribution in [0.4, 0.5) is 0 Å². The Balaban J connectivity index is 2.35. The number of hydrogen-bond acceptors (Lipinski definition) is 5. The largest absolute Gasteiger partial charge is 0.486 e. The second kappa shape index (κ2) is 8.11. The Morgan fingerprint density at radius 1 is 1.21 bits per heavy atom. The minimum Gasteiger partial charge on any atom is -0.486 e. The van der Waals surface area contributed by atoms with Gasteiger partial charge in [0, 0.05) is 24.4 Å². The number of ketones is 1. The van der Waals surface area contributed by atoms with E-state index in [0.717, 1.165) is 24.0 Å². The number of rotatable bonds is 8. The van der Waals surface area contributed by atoms with Crippen molar-refractivity contribution in [1.82, 2.24) is 4.90 Å². The van der Waals surface area contributed by atoms with Crippen LogP contribution in [0.1, 0.15) is 38.3 Å². The topological polar surface area (TPSA) is 59.8 Å². The molecule has 0 saturated heterocycles. The van der Waals surface area contributed by atoms with Gasteiger partial charge in [0.15, 0.2) is 5.78 Å². The van der Waals surface area contributed by atoms with Crippen molar-refractivity contribution in [3.05, 3.63) is 39.7 Å². The second-order valence-electron chi connectivity index (χ2n) is 5.79. The van der Waals surface area contributed by atoms with Gasteiger partial charge in [0.1, 0.15) is 17.9 Å². The minimum atomic E-state index is -0.311. The van der Waals surface area contributed by atoms with E-state index in [-0.39, 0.29) is 18.0 Å². The number of Topliss-reactive ketones (excluding diaryl/α,β-unsaturated/α-hetero) is 1. The smallest absolute Gasteiger partial charge is 0.341 e. The van der Waals surface area contributed by atoms with Gasteiger partial charge >= 0.3 is 5.63 Å². The van der Waals surface area contributed by atoms with Crippen molar-refractivity contribution in [2.45, 2.75) is 40.7 Å². The molecule has 0 amide bonds. The lowest BCUT2D eigenvalue weighted by atomic mass is 10.1. The molecule has 2 rings (SSSR count). The number of benzene rings is 1. The molecule has 0 atom stereocenters. The van der Waals surface area contributed by atoms with Gasteiger partial charge in [-0.2, -0.15) is 0 Å². The van der Waals surface area contributed by atoms with Crippen molar-refractivity contribution >= 4 is 16.8 Å². The van der Waals surface area contributed by atoms with Crippen LogP contribution >= 0.6 is 0 Å². The number of aryl methyl sites for hydroxylation is 1. The van der Waals surface area contributed by atoms with Gasteiger partial charge in [-0.1, -0.05) is 20.8 Å². The van der Waals surface area contributed by atoms with E-state index in [1.807, 2.05) is 13.0 Å². The van der Waals surface area contributed by atoms with Gasteiger partial charge in [0.25, 0.3) is 0 Å². The normalized spacial score (nSPS) is 11.2. The average Bonchev–Trinajstić information content (AvgIpc) is 2.59. The summed E-state index contributed by atoms with van der Waals surface area (Å²) in [6.45, 7) is 10.3. The maximum absolute atomic E-state index is 12.4. The zero-order valence-electron chi connectivity index (χ0n) is 14.8. The van der Waals surface area contributed by atoms with Gasteiger partial charge in [-0.05, 0) is 37.7 Å². The Labute approximate surface area is 142 Å². The van der Waals surface area contributed by atoms with Crippen molar-refractivity contribution in [3.8, 4) is 5.75 Å². The van der Waals surface area contributed by atoms with Gasteiger partial charge in [-0.3, -0.25) is 9.69 Å². The third kappa shape index (κ3) is 4.03. The molecule has 0 unspecified atom stereocenters. The maximum atomic E-state index is 12.4. The molecule has 0 aliphatic carbocycles. The van der Waals surface area contributed by atoms with Crippen molar-refractivity contribution in [2.75, 3.05) is 19.7 Å². The van der Waals surface area contributed by atoms with E-state index in [1.54, 1.807) is 19.1 Å². The quantitative estimate of drug-likeness (QED) is 0.695. The first kappa shape index (κ1) is 18.2. The molecule has 24 heavy (non-hydrogen) atoms. The summed E-state index contributed by atoms with van der Waals surface area (Å²) < 4.78 is 10.9. The van der Waals surface area contributed by atoms with Crippen LogP contribution in [0.3, 0.4) is 0 Å². The predicted octanol–water partition coefficient (Wildman–Crippen LogP) is 3.30. The standard InChI is InChI=1S/C19H25NO4/c1-5-14(21)12-23-15-8-9-16-13(4)17(11-20(6-2)7-3)19(22)24-18(16)10-15/h8-10H,5-7,11-12H2,1-4H3. The summed E-state index contributed by atoms with van der Waals surface area (Å²) in [6, 6.07) is 5.36. The molecule has 0 radical (unpaired) electrons. The molecular weight excluding hydrogens is 306 g/mol. The van der Waals surface area contributed by atoms with E-state index in [2.05, 4.69) is 18.7 Å². The van der Waals surface area contributed by atoms with E-state index in [4.69, 9.17) is 9.15 Å². The summed E-state index contributed by atoms with van der Waals surface area (Å²) in [5, 5.41) is 0.894. The third-order valence-electron chi connectivity index (χ3n) is 4.33. The summed E-state index contributed by atoms with van der Waals surface area (Å²) in [5.74, 6) is 0.561. The van der Waals surface area contributed by atoms with Gasteiger partial charge in [-0.15, -0.1) is 0 Å². The first-order valence-corrected chi connectivity index (χ1v) is 8.43. The highest BCUT2D eigenvalue weighted by Gasteiger charge is 2.14. The van der Waals surface area contributed by atoms with Crippen LogP contribution in [0.5, 0.6) is 5.75 Å². The van der Waals surface area contributed by atoms with Crippen molar-refractivity contribution in [1.29, 1.82) is 0 Å². The van der Waals surface area contributed by atoms with Crippen molar-refractivity contribution < 1.29 is 13.9 Å². The molecular formula is C19H25NO4. The maximum Gasteiger partial charge on any atom is 0.341 e. The molecule has 0 aliphatic rings. The molecule has 2 aromatic rings. The zero-order chi connectivity index (χ0) is 17.7. The van der Waals surface area contributed by atoms with Gasteiger partial charge < -0.3 is 9.15 Å². The summed E-state index contributed by atoms with van der Waals surface area (Å²) in [6.07, 6.45) is 0.441. The molecule has 5 nitrogen and oxygen atoms in total. The molecule has 0 bridgehead atoms. The molecule has 1 aromatic carbocycles. The molecule has 130 valence electrons. The monoisotopic (exact) mass is 331 g/mol. The molecule has 0 N–H and O–H groups in total. The lowest BCUT2D eigenvalue weighted by molar-refractivity contribution is -0.120. The lowest BCUT2D eigenvalue weighted by Gasteiger charge is -2.19. The number of carbonyl (C=O) groups is 1. The second-order valence-corrected chi connectivity index (χ2v) is 5.79. The van der Waals surface area contributed by atoms with E-state index in [9.17, 15) is 9.59 Å². The van der Waals surface area contributed by atoms with Gasteiger partial charge in [0.2, 0.25) is 0 Å². The number of fused-ring (bicyclic) bond motifs is 1. The fraction of sp³-hybridized carbons (Fsp3) is 0.474. The van der Waals surface area contributed by atoms with Crippen LogP contribution < -0.4 is 10.4 Å². The lowest BCUT2D eigenvalue weighted by Crippen LogP contribution is -2.26. The Morgan fingerprint density at radius 3 is 2.54 bits per heavy atom. The molecule has 0 aliphatic heterocycles. The third-order valence-corrected chi connectivity index (χ3v) is 4.33. The van der Waals surface area contributed by atoms with Crippen LogP contribution in [0.15, 0.2) is 27.4 Å². The number of carbonyl (C=O) groups excluding carboxylic acids is 1. The SMILES string of the molecule is CCC(=O)COc1ccc2c(C)c(CN(CC)CC)c(=O)oc2c1. The van der Waals surface area contributed by atoms with Crippen LogP contribution in [0.25, 0.3) is 11.0 Å². The van der Waals surface area contributed by atoms with Gasteiger partial charge in [0.05, 0.1) is 5.56 Å². The minimum absolute atomic E-state index is 0.0299. The van der Waals surface area contributed by atoms with E-state index in [0.29, 0.717) is 29.9 Å². The molecule has 0 fully saturated rings. The first-order valence-electron chi connectivity index (χ1n) is 8.43. The molecule has 5 heteroatoms. The molecule has 1 heterocycles. The average molecular weight is 331 g/mol. The summed E-state index contributed by atoms with van der Waals surface area (Å²) in [5.41, 5.74) is 1.81. The van der Waals surface area contributed by atoms with Crippen LogP contribution in [0, 0.1) is 6.92 Å². The summed E-state index contributed by atoms with van der Waals surface area (Å²) in [7, 11) is 0. The Kier molecular flexibility index (Phi) is 6.15. The number of ether oxygens (including phenoxy) is 1. The molecule has 1 aromatic heterocycles. The Bertz CT molecular complexity index is 775. The highest BCUT2D eigenvalue weighted by Crippen LogP contribution is 2.24. The summed E-state index contributed by atoms with van der Waals surface area (Å²) in [4.78, 5) is 25.9. The fourth-order valence-electron chi connectivity index (χ4n) is 2.58. The number of hydrogen-bond donors (Lipinski definition) is 0. The van der Waals surface area contributed by atoms with Crippen LogP contribution in [0.2, 0.25) is 0 Å². The zero-order valence-corrected chi connectivity index (χ0v) is 14.8. The predicted molar refractivity (Wildman–Crippen MR) is 94.6 cm³/mol. The molecule has 0 spiro atoms. The van der Waals surface area contributed by atoms with Crippen LogP contribution in [-0.4, -0.2) is 30.4 Å². The van der Waals surface area contributed by atoms with E-state index in [1.165, 1.54) is 0 Å². The Hall–Kier alpha value is -2.14. The summed E-state index contributed by atoms with van der Waals surface area (Å²) >= 11 is 0. The van der Waals surface area contributed by atoms with Gasteiger partial charge in [-0.25, -0.2) is 4.79 Å². The highest BCUT2D eigenvalue weighted by atomic mass is 16.5.